The van der Waals surface area contributed by atoms with Gasteiger partial charge in [-0.15, -0.1) is 0 Å². The zero-order valence-electron chi connectivity index (χ0n) is 10.4. The van der Waals surface area contributed by atoms with Gasteiger partial charge in [-0.3, -0.25) is 4.79 Å². The Morgan fingerprint density at radius 2 is 2.35 bits per heavy atom. The molecule has 0 aliphatic heterocycles. The Bertz CT molecular complexity index is 632. The molecular formula is C12H11ClFN3O3. The third kappa shape index (κ3) is 3.31. The monoisotopic (exact) mass is 299 g/mol. The summed E-state index contributed by atoms with van der Waals surface area (Å²) >= 11 is 5.54. The number of amides is 1. The van der Waals surface area contributed by atoms with Gasteiger partial charge in [-0.1, -0.05) is 22.8 Å². The van der Waals surface area contributed by atoms with Crippen molar-refractivity contribution in [3.8, 4) is 0 Å². The number of nitrogens with one attached hydrogen (secondary N) is 1. The minimum absolute atomic E-state index is 0.0349. The molecule has 8 heteroatoms. The normalized spacial score (nSPS) is 12.2. The molecule has 2 rings (SSSR count). The molecular weight excluding hydrogens is 289 g/mol. The van der Waals surface area contributed by atoms with Crippen LogP contribution in [0.4, 0.5) is 4.39 Å². The van der Waals surface area contributed by atoms with E-state index in [1.54, 1.807) is 6.92 Å². The SMILES string of the molecule is Cc1nc(C(=O)NCC(O)c2ccc(Cl)c(F)c2)no1. The number of nitrogens with zero attached hydrogens (tertiary/aromatic N) is 2. The van der Waals surface area contributed by atoms with Crippen LogP contribution in [0.15, 0.2) is 22.7 Å². The molecule has 2 aromatic rings. The van der Waals surface area contributed by atoms with E-state index in [2.05, 4.69) is 20.0 Å². The molecule has 1 amide bonds. The third-order valence-electron chi connectivity index (χ3n) is 2.52. The average molecular weight is 300 g/mol. The number of carbonyl (C=O) groups excluding carboxylic acids is 1. The predicted octanol–water partition coefficient (Wildman–Crippen LogP) is 1.63. The number of aromatic nitrogens is 2. The van der Waals surface area contributed by atoms with Gasteiger partial charge in [-0.2, -0.15) is 4.98 Å². The van der Waals surface area contributed by atoms with Gasteiger partial charge in [0.2, 0.25) is 5.89 Å². The highest BCUT2D eigenvalue weighted by Crippen LogP contribution is 2.19. The van der Waals surface area contributed by atoms with Crippen LogP contribution in [0, 0.1) is 12.7 Å². The first-order valence-electron chi connectivity index (χ1n) is 5.69. The van der Waals surface area contributed by atoms with Crippen LogP contribution in [0.5, 0.6) is 0 Å². The van der Waals surface area contributed by atoms with Gasteiger partial charge in [0.05, 0.1) is 11.1 Å². The summed E-state index contributed by atoms with van der Waals surface area (Å²) in [5.74, 6) is -1.09. The second-order valence-corrected chi connectivity index (χ2v) is 4.44. The molecule has 0 radical (unpaired) electrons. The first-order valence-corrected chi connectivity index (χ1v) is 6.06. The number of hydrogen-bond donors (Lipinski definition) is 2. The van der Waals surface area contributed by atoms with Gasteiger partial charge in [-0.05, 0) is 17.7 Å². The number of aliphatic hydroxyl groups excluding tert-OH is 1. The molecule has 0 aliphatic carbocycles. The summed E-state index contributed by atoms with van der Waals surface area (Å²) in [5, 5.41) is 15.7. The van der Waals surface area contributed by atoms with E-state index in [1.165, 1.54) is 12.1 Å². The van der Waals surface area contributed by atoms with Gasteiger partial charge in [0, 0.05) is 13.5 Å². The average Bonchev–Trinajstić information content (AvgIpc) is 2.85. The molecule has 0 bridgehead atoms. The molecule has 0 saturated carbocycles. The predicted molar refractivity (Wildman–Crippen MR) is 67.7 cm³/mol. The lowest BCUT2D eigenvalue weighted by Crippen LogP contribution is -2.29. The summed E-state index contributed by atoms with van der Waals surface area (Å²) < 4.78 is 17.9. The van der Waals surface area contributed by atoms with Crippen LogP contribution in [0.25, 0.3) is 0 Å². The summed E-state index contributed by atoms with van der Waals surface area (Å²) in [7, 11) is 0. The highest BCUT2D eigenvalue weighted by Gasteiger charge is 2.15. The molecule has 0 aliphatic rings. The van der Waals surface area contributed by atoms with Gasteiger partial charge in [0.15, 0.2) is 0 Å². The van der Waals surface area contributed by atoms with Crippen LogP contribution < -0.4 is 5.32 Å². The molecule has 20 heavy (non-hydrogen) atoms. The summed E-state index contributed by atoms with van der Waals surface area (Å²) in [6.07, 6.45) is -1.07. The number of benzene rings is 1. The quantitative estimate of drug-likeness (QED) is 0.896. The minimum Gasteiger partial charge on any atom is -0.387 e. The van der Waals surface area contributed by atoms with Gasteiger partial charge in [0.1, 0.15) is 5.82 Å². The van der Waals surface area contributed by atoms with Crippen molar-refractivity contribution in [1.82, 2.24) is 15.5 Å². The van der Waals surface area contributed by atoms with Crippen molar-refractivity contribution in [3.05, 3.63) is 46.3 Å². The van der Waals surface area contributed by atoms with Crippen molar-refractivity contribution < 1.29 is 18.8 Å². The molecule has 0 saturated heterocycles. The largest absolute Gasteiger partial charge is 0.387 e. The fraction of sp³-hybridized carbons (Fsp3) is 0.250. The van der Waals surface area contributed by atoms with Crippen molar-refractivity contribution in [1.29, 1.82) is 0 Å². The number of rotatable bonds is 4. The molecule has 1 aromatic heterocycles. The van der Waals surface area contributed by atoms with E-state index >= 15 is 0 Å². The molecule has 1 aromatic carbocycles. The standard InChI is InChI=1S/C12H11ClFN3O3/c1-6-16-11(17-20-6)12(19)15-5-10(18)7-2-3-8(13)9(14)4-7/h2-4,10,18H,5H2,1H3,(H,15,19). The van der Waals surface area contributed by atoms with Gasteiger partial charge in [-0.25, -0.2) is 4.39 Å². The molecule has 1 unspecified atom stereocenters. The number of aliphatic hydroxyl groups is 1. The van der Waals surface area contributed by atoms with Crippen LogP contribution in [0.3, 0.4) is 0 Å². The van der Waals surface area contributed by atoms with E-state index < -0.39 is 17.8 Å². The van der Waals surface area contributed by atoms with E-state index in [-0.39, 0.29) is 23.3 Å². The summed E-state index contributed by atoms with van der Waals surface area (Å²) in [4.78, 5) is 15.4. The first kappa shape index (κ1) is 14.4. The van der Waals surface area contributed by atoms with Crippen LogP contribution in [0.2, 0.25) is 5.02 Å². The summed E-state index contributed by atoms with van der Waals surface area (Å²) in [5.41, 5.74) is 0.302. The van der Waals surface area contributed by atoms with E-state index in [9.17, 15) is 14.3 Å². The van der Waals surface area contributed by atoms with E-state index in [0.29, 0.717) is 5.56 Å². The van der Waals surface area contributed by atoms with Gasteiger partial charge < -0.3 is 14.9 Å². The van der Waals surface area contributed by atoms with E-state index in [4.69, 9.17) is 11.6 Å². The number of carbonyl (C=O) groups is 1. The Labute approximate surface area is 118 Å². The molecule has 0 fully saturated rings. The topological polar surface area (TPSA) is 88.2 Å². The lowest BCUT2D eigenvalue weighted by Gasteiger charge is -2.11. The maximum absolute atomic E-state index is 13.2. The molecule has 2 N–H and O–H groups in total. The fourth-order valence-corrected chi connectivity index (χ4v) is 1.61. The fourth-order valence-electron chi connectivity index (χ4n) is 1.50. The Balaban J connectivity index is 1.96. The van der Waals surface area contributed by atoms with E-state index in [0.717, 1.165) is 6.07 Å². The van der Waals surface area contributed by atoms with Crippen molar-refractivity contribution >= 4 is 17.5 Å². The second kappa shape index (κ2) is 5.98. The van der Waals surface area contributed by atoms with E-state index in [1.807, 2.05) is 0 Å². The van der Waals surface area contributed by atoms with Crippen LogP contribution in [-0.2, 0) is 0 Å². The van der Waals surface area contributed by atoms with Crippen LogP contribution in [0.1, 0.15) is 28.2 Å². The Morgan fingerprint density at radius 1 is 1.60 bits per heavy atom. The molecule has 1 atom stereocenters. The molecule has 106 valence electrons. The molecule has 1 heterocycles. The third-order valence-corrected chi connectivity index (χ3v) is 2.82. The lowest BCUT2D eigenvalue weighted by atomic mass is 10.1. The smallest absolute Gasteiger partial charge is 0.292 e. The Morgan fingerprint density at radius 3 is 2.95 bits per heavy atom. The Kier molecular flexibility index (Phi) is 4.31. The van der Waals surface area contributed by atoms with Crippen LogP contribution in [-0.4, -0.2) is 27.7 Å². The highest BCUT2D eigenvalue weighted by molar-refractivity contribution is 6.30. The number of hydrogen-bond acceptors (Lipinski definition) is 5. The maximum Gasteiger partial charge on any atom is 0.292 e. The molecule has 0 spiro atoms. The zero-order chi connectivity index (χ0) is 14.7. The van der Waals surface area contributed by atoms with Crippen molar-refractivity contribution in [2.75, 3.05) is 6.54 Å². The number of halogens is 2. The molecule has 6 nitrogen and oxygen atoms in total. The van der Waals surface area contributed by atoms with Crippen LogP contribution >= 0.6 is 11.6 Å². The minimum atomic E-state index is -1.07. The Hall–Kier alpha value is -1.99. The number of aryl methyl sites for hydroxylation is 1. The second-order valence-electron chi connectivity index (χ2n) is 4.04. The summed E-state index contributed by atoms with van der Waals surface area (Å²) in [6, 6.07) is 3.91. The summed E-state index contributed by atoms with van der Waals surface area (Å²) in [6.45, 7) is 1.43. The van der Waals surface area contributed by atoms with Crippen molar-refractivity contribution in [2.45, 2.75) is 13.0 Å². The van der Waals surface area contributed by atoms with Crippen molar-refractivity contribution in [3.63, 3.8) is 0 Å². The van der Waals surface area contributed by atoms with Gasteiger partial charge in [0.25, 0.3) is 11.7 Å². The highest BCUT2D eigenvalue weighted by atomic mass is 35.5. The lowest BCUT2D eigenvalue weighted by molar-refractivity contribution is 0.0903. The zero-order valence-corrected chi connectivity index (χ0v) is 11.2. The van der Waals surface area contributed by atoms with Crippen molar-refractivity contribution in [2.24, 2.45) is 0 Å². The van der Waals surface area contributed by atoms with Gasteiger partial charge >= 0.3 is 0 Å². The first-order chi connectivity index (χ1) is 9.47. The maximum atomic E-state index is 13.2.